The van der Waals surface area contributed by atoms with E-state index in [-0.39, 0.29) is 5.41 Å². The molecule has 3 heteroatoms. The first-order valence-electron chi connectivity index (χ1n) is 5.80. The number of anilines is 1. The monoisotopic (exact) mass is 294 g/mol. The molecule has 0 atom stereocenters. The van der Waals surface area contributed by atoms with Gasteiger partial charge in [-0.25, -0.2) is 0 Å². The predicted molar refractivity (Wildman–Crippen MR) is 76.0 cm³/mol. The summed E-state index contributed by atoms with van der Waals surface area (Å²) in [6.07, 6.45) is 0. The lowest BCUT2D eigenvalue weighted by molar-refractivity contribution is 0.269. The molecule has 17 heavy (non-hydrogen) atoms. The number of nitrogens with one attached hydrogen (secondary N) is 1. The lowest BCUT2D eigenvalue weighted by Crippen LogP contribution is -2.28. The van der Waals surface area contributed by atoms with Crippen LogP contribution in [0.5, 0.6) is 0 Å². The smallest absolute Gasteiger partial charge is 0.0992 e. The highest BCUT2D eigenvalue weighted by atomic mass is 79.9. The minimum absolute atomic E-state index is 0.231. The summed E-state index contributed by atoms with van der Waals surface area (Å²) in [7, 11) is 0. The van der Waals surface area contributed by atoms with Gasteiger partial charge < -0.3 is 5.32 Å². The Kier molecular flexibility index (Phi) is 4.59. The first-order valence-corrected chi connectivity index (χ1v) is 6.59. The van der Waals surface area contributed by atoms with E-state index in [1.165, 1.54) is 0 Å². The van der Waals surface area contributed by atoms with Crippen LogP contribution in [0.15, 0.2) is 22.7 Å². The van der Waals surface area contributed by atoms with Gasteiger partial charge in [-0.15, -0.1) is 0 Å². The fourth-order valence-corrected chi connectivity index (χ4v) is 1.78. The van der Waals surface area contributed by atoms with Gasteiger partial charge in [0.1, 0.15) is 0 Å². The van der Waals surface area contributed by atoms with Crippen LogP contribution in [-0.4, -0.2) is 6.54 Å². The maximum atomic E-state index is 8.90. The van der Waals surface area contributed by atoms with E-state index in [2.05, 4.69) is 55.0 Å². The molecule has 0 aliphatic rings. The van der Waals surface area contributed by atoms with Gasteiger partial charge in [0.15, 0.2) is 0 Å². The van der Waals surface area contributed by atoms with Crippen LogP contribution in [0.3, 0.4) is 0 Å². The van der Waals surface area contributed by atoms with E-state index in [1.54, 1.807) is 0 Å². The highest BCUT2D eigenvalue weighted by Gasteiger charge is 2.21. The summed E-state index contributed by atoms with van der Waals surface area (Å²) in [4.78, 5) is 0. The fraction of sp³-hybridized carbons (Fsp3) is 0.500. The zero-order valence-corrected chi connectivity index (χ0v) is 12.4. The molecule has 0 heterocycles. The van der Waals surface area contributed by atoms with E-state index in [9.17, 15) is 0 Å². The van der Waals surface area contributed by atoms with Gasteiger partial charge in [0.25, 0.3) is 0 Å². The molecule has 0 aliphatic carbocycles. The number of nitriles is 1. The SMILES string of the molecule is CC(C)C(C)(C)CNc1cc(Br)cc(C#N)c1. The van der Waals surface area contributed by atoms with Gasteiger partial charge in [-0.05, 0) is 29.5 Å². The third-order valence-corrected chi connectivity index (χ3v) is 3.80. The molecule has 0 aliphatic heterocycles. The molecule has 1 aromatic carbocycles. The Balaban J connectivity index is 2.77. The second-order valence-electron chi connectivity index (χ2n) is 5.34. The zero-order chi connectivity index (χ0) is 13.1. The second kappa shape index (κ2) is 5.55. The zero-order valence-electron chi connectivity index (χ0n) is 10.8. The lowest BCUT2D eigenvalue weighted by Gasteiger charge is -2.30. The quantitative estimate of drug-likeness (QED) is 0.892. The fourth-order valence-electron chi connectivity index (χ4n) is 1.29. The highest BCUT2D eigenvalue weighted by molar-refractivity contribution is 9.10. The molecule has 0 saturated heterocycles. The molecule has 0 saturated carbocycles. The van der Waals surface area contributed by atoms with Crippen molar-refractivity contribution in [2.45, 2.75) is 27.7 Å². The molecule has 2 nitrogen and oxygen atoms in total. The van der Waals surface area contributed by atoms with Crippen LogP contribution in [0.25, 0.3) is 0 Å². The molecule has 1 aromatic rings. The van der Waals surface area contributed by atoms with Crippen molar-refractivity contribution >= 4 is 21.6 Å². The number of rotatable bonds is 4. The first-order chi connectivity index (χ1) is 7.85. The third-order valence-electron chi connectivity index (χ3n) is 3.34. The van der Waals surface area contributed by atoms with E-state index < -0.39 is 0 Å². The van der Waals surface area contributed by atoms with Gasteiger partial charge in [-0.1, -0.05) is 43.6 Å². The molecule has 1 rings (SSSR count). The summed E-state index contributed by atoms with van der Waals surface area (Å²) in [5.74, 6) is 0.609. The van der Waals surface area contributed by atoms with Gasteiger partial charge in [-0.2, -0.15) is 5.26 Å². The van der Waals surface area contributed by atoms with Crippen molar-refractivity contribution in [2.75, 3.05) is 11.9 Å². The largest absolute Gasteiger partial charge is 0.384 e. The van der Waals surface area contributed by atoms with Crippen LogP contribution in [-0.2, 0) is 0 Å². The van der Waals surface area contributed by atoms with Gasteiger partial charge in [-0.3, -0.25) is 0 Å². The maximum Gasteiger partial charge on any atom is 0.0992 e. The minimum atomic E-state index is 0.231. The number of benzene rings is 1. The molecular formula is C14H19BrN2. The van der Waals surface area contributed by atoms with Gasteiger partial charge in [0.05, 0.1) is 11.6 Å². The van der Waals surface area contributed by atoms with E-state index in [1.807, 2.05) is 18.2 Å². The first kappa shape index (κ1) is 14.1. The van der Waals surface area contributed by atoms with Gasteiger partial charge in [0.2, 0.25) is 0 Å². The Bertz CT molecular complexity index is 430. The van der Waals surface area contributed by atoms with Gasteiger partial charge in [0, 0.05) is 16.7 Å². The standard InChI is InChI=1S/C14H19BrN2/c1-10(2)14(3,4)9-17-13-6-11(8-16)5-12(15)7-13/h5-7,10,17H,9H2,1-4H3. The van der Waals surface area contributed by atoms with E-state index in [0.29, 0.717) is 11.5 Å². The number of hydrogen-bond donors (Lipinski definition) is 1. The summed E-state index contributed by atoms with van der Waals surface area (Å²) in [6, 6.07) is 7.85. The average Bonchev–Trinajstić information content (AvgIpc) is 2.25. The average molecular weight is 295 g/mol. The van der Waals surface area contributed by atoms with Gasteiger partial charge >= 0.3 is 0 Å². The Labute approximate surface area is 112 Å². The summed E-state index contributed by atoms with van der Waals surface area (Å²) in [5, 5.41) is 12.3. The van der Waals surface area contributed by atoms with Crippen LogP contribution < -0.4 is 5.32 Å². The van der Waals surface area contributed by atoms with E-state index in [4.69, 9.17) is 5.26 Å². The molecule has 0 amide bonds. The van der Waals surface area contributed by atoms with Crippen LogP contribution in [0.4, 0.5) is 5.69 Å². The van der Waals surface area contributed by atoms with Crippen LogP contribution >= 0.6 is 15.9 Å². The van der Waals surface area contributed by atoms with Crippen LogP contribution in [0.1, 0.15) is 33.3 Å². The van der Waals surface area contributed by atoms with Crippen molar-refractivity contribution in [3.63, 3.8) is 0 Å². The minimum Gasteiger partial charge on any atom is -0.384 e. The van der Waals surface area contributed by atoms with E-state index in [0.717, 1.165) is 16.7 Å². The Morgan fingerprint density at radius 2 is 2.00 bits per heavy atom. The van der Waals surface area contributed by atoms with Crippen molar-refractivity contribution in [3.8, 4) is 6.07 Å². The normalized spacial score (nSPS) is 11.4. The summed E-state index contributed by atoms with van der Waals surface area (Å²) in [6.45, 7) is 9.83. The van der Waals surface area contributed by atoms with Crippen molar-refractivity contribution in [3.05, 3.63) is 28.2 Å². The topological polar surface area (TPSA) is 35.8 Å². The van der Waals surface area contributed by atoms with Crippen molar-refractivity contribution in [1.29, 1.82) is 5.26 Å². The van der Waals surface area contributed by atoms with E-state index >= 15 is 0 Å². The number of hydrogen-bond acceptors (Lipinski definition) is 2. The molecule has 0 radical (unpaired) electrons. The number of halogens is 1. The Morgan fingerprint density at radius 3 is 2.53 bits per heavy atom. The molecule has 0 bridgehead atoms. The molecule has 92 valence electrons. The highest BCUT2D eigenvalue weighted by Crippen LogP contribution is 2.27. The van der Waals surface area contributed by atoms with Crippen molar-refractivity contribution in [1.82, 2.24) is 0 Å². The van der Waals surface area contributed by atoms with Crippen molar-refractivity contribution < 1.29 is 0 Å². The predicted octanol–water partition coefficient (Wildman–Crippen LogP) is 4.41. The summed E-state index contributed by atoms with van der Waals surface area (Å²) < 4.78 is 0.932. The number of nitrogens with zero attached hydrogens (tertiary/aromatic N) is 1. The molecule has 0 fully saturated rings. The molecule has 0 aromatic heterocycles. The Hall–Kier alpha value is -1.01. The maximum absolute atomic E-state index is 8.90. The van der Waals surface area contributed by atoms with Crippen LogP contribution in [0.2, 0.25) is 0 Å². The second-order valence-corrected chi connectivity index (χ2v) is 6.25. The third kappa shape index (κ3) is 4.05. The van der Waals surface area contributed by atoms with Crippen LogP contribution in [0, 0.1) is 22.7 Å². The Morgan fingerprint density at radius 1 is 1.35 bits per heavy atom. The molecule has 0 unspecified atom stereocenters. The summed E-state index contributed by atoms with van der Waals surface area (Å²) in [5.41, 5.74) is 1.89. The lowest BCUT2D eigenvalue weighted by atomic mass is 9.81. The van der Waals surface area contributed by atoms with Crippen molar-refractivity contribution in [2.24, 2.45) is 11.3 Å². The molecule has 0 spiro atoms. The summed E-state index contributed by atoms with van der Waals surface area (Å²) >= 11 is 3.41. The molecular weight excluding hydrogens is 276 g/mol. The molecule has 1 N–H and O–H groups in total.